The summed E-state index contributed by atoms with van der Waals surface area (Å²) >= 11 is 0. The van der Waals surface area contributed by atoms with Crippen LogP contribution in [0.15, 0.2) is 0 Å². The number of fused-ring (bicyclic) bond motifs is 1. The number of aliphatic carboxylic acids is 1. The molecule has 2 atom stereocenters. The average Bonchev–Trinajstić information content (AvgIpc) is 2.69. The first-order valence-electron chi connectivity index (χ1n) is 8.53. The molecule has 0 aromatic rings. The number of hydrogen-bond acceptors (Lipinski definition) is 4. The van der Waals surface area contributed by atoms with Crippen molar-refractivity contribution < 1.29 is 33.0 Å². The summed E-state index contributed by atoms with van der Waals surface area (Å²) in [4.78, 5) is 38.2. The lowest BCUT2D eigenvalue weighted by Gasteiger charge is -2.40. The summed E-state index contributed by atoms with van der Waals surface area (Å²) in [7, 11) is 0. The number of amides is 2. The van der Waals surface area contributed by atoms with Gasteiger partial charge < -0.3 is 14.7 Å². The molecule has 7 nitrogen and oxygen atoms in total. The van der Waals surface area contributed by atoms with Gasteiger partial charge in [-0.15, -0.1) is 0 Å². The number of hydrogen-bond donors (Lipinski definition) is 1. The predicted molar refractivity (Wildman–Crippen MR) is 87.8 cm³/mol. The Bertz CT molecular complexity index is 615. The summed E-state index contributed by atoms with van der Waals surface area (Å²) in [5.74, 6) is -6.09. The Hall–Kier alpha value is -1.93. The smallest absolute Gasteiger partial charge is 0.410 e. The molecule has 0 spiro atoms. The van der Waals surface area contributed by atoms with Crippen LogP contribution in [0.5, 0.6) is 0 Å². The van der Waals surface area contributed by atoms with Crippen molar-refractivity contribution in [1.82, 2.24) is 9.80 Å². The van der Waals surface area contributed by atoms with Gasteiger partial charge >= 0.3 is 12.1 Å². The van der Waals surface area contributed by atoms with Crippen LogP contribution in [-0.2, 0) is 14.3 Å². The van der Waals surface area contributed by atoms with E-state index in [0.717, 1.165) is 4.90 Å². The number of carboxylic acids is 1. The van der Waals surface area contributed by atoms with Gasteiger partial charge in [0.15, 0.2) is 0 Å². The van der Waals surface area contributed by atoms with E-state index in [0.29, 0.717) is 0 Å². The predicted octanol–water partition coefficient (Wildman–Crippen LogP) is 2.20. The lowest BCUT2D eigenvalue weighted by molar-refractivity contribution is -0.152. The molecular weight excluding hydrogens is 350 g/mol. The van der Waals surface area contributed by atoms with Gasteiger partial charge in [-0.25, -0.2) is 13.6 Å². The van der Waals surface area contributed by atoms with Crippen LogP contribution >= 0.6 is 0 Å². The van der Waals surface area contributed by atoms with E-state index in [-0.39, 0.29) is 13.1 Å². The summed E-state index contributed by atoms with van der Waals surface area (Å²) in [6, 6.07) is -0.901. The van der Waals surface area contributed by atoms with E-state index in [9.17, 15) is 28.3 Å². The Kier molecular flexibility index (Phi) is 4.98. The van der Waals surface area contributed by atoms with E-state index in [1.165, 1.54) is 18.7 Å². The van der Waals surface area contributed by atoms with E-state index in [1.54, 1.807) is 20.8 Å². The molecule has 9 heteroatoms. The number of piperidine rings is 1. The van der Waals surface area contributed by atoms with E-state index in [2.05, 4.69) is 0 Å². The Balaban J connectivity index is 2.23. The van der Waals surface area contributed by atoms with Crippen LogP contribution in [0.2, 0.25) is 0 Å². The highest BCUT2D eigenvalue weighted by Gasteiger charge is 2.59. The topological polar surface area (TPSA) is 87.2 Å². The van der Waals surface area contributed by atoms with Crippen molar-refractivity contribution in [3.63, 3.8) is 0 Å². The number of rotatable bonds is 3. The molecular formula is C17H26F2N2O5. The molecule has 0 aromatic heterocycles. The minimum absolute atomic E-state index is 0.113. The molecule has 2 rings (SSSR count). The number of carbonyl (C=O) groups excluding carboxylic acids is 2. The van der Waals surface area contributed by atoms with Gasteiger partial charge in [-0.1, -0.05) is 0 Å². The number of nitrogens with zero attached hydrogens (tertiary/aromatic N) is 2. The van der Waals surface area contributed by atoms with E-state index in [4.69, 9.17) is 4.74 Å². The van der Waals surface area contributed by atoms with Crippen LogP contribution in [0.1, 0.15) is 41.0 Å². The zero-order chi connectivity index (χ0) is 20.1. The summed E-state index contributed by atoms with van der Waals surface area (Å²) < 4.78 is 34.0. The fourth-order valence-electron chi connectivity index (χ4n) is 3.33. The molecule has 148 valence electrons. The maximum absolute atomic E-state index is 14.4. The monoisotopic (exact) mass is 376 g/mol. The standard InChI is InChI=1S/C17H26F2N2O5/c1-15(2,3)26-14(25)21-9-17(18,19)10-6-12(22)20(7-11(10)21)8-16(4,5)13(23)24/h10-11H,6-9H2,1-5H3,(H,23,24)/t10-,11+/m0/s1. The number of ether oxygens (including phenoxy) is 1. The average molecular weight is 376 g/mol. The number of likely N-dealkylation sites (tertiary alicyclic amines) is 2. The maximum Gasteiger partial charge on any atom is 0.410 e. The lowest BCUT2D eigenvalue weighted by atomic mass is 9.86. The van der Waals surface area contributed by atoms with Crippen molar-refractivity contribution in [2.45, 2.75) is 58.6 Å². The Morgan fingerprint density at radius 1 is 1.27 bits per heavy atom. The van der Waals surface area contributed by atoms with Crippen molar-refractivity contribution >= 4 is 18.0 Å². The van der Waals surface area contributed by atoms with Crippen LogP contribution in [-0.4, -0.2) is 70.1 Å². The minimum atomic E-state index is -3.19. The quantitative estimate of drug-likeness (QED) is 0.816. The molecule has 0 unspecified atom stereocenters. The van der Waals surface area contributed by atoms with Crippen LogP contribution < -0.4 is 0 Å². The van der Waals surface area contributed by atoms with Gasteiger partial charge in [-0.2, -0.15) is 0 Å². The van der Waals surface area contributed by atoms with Gasteiger partial charge in [0, 0.05) is 19.5 Å². The zero-order valence-electron chi connectivity index (χ0n) is 15.7. The van der Waals surface area contributed by atoms with Crippen LogP contribution in [0.25, 0.3) is 0 Å². The summed E-state index contributed by atoms with van der Waals surface area (Å²) in [5.41, 5.74) is -2.06. The number of carbonyl (C=O) groups is 3. The lowest BCUT2D eigenvalue weighted by Crippen LogP contribution is -2.55. The SMILES string of the molecule is CC(C)(C)OC(=O)N1CC(F)(F)[C@H]2CC(=O)N(CC(C)(C)C(=O)O)C[C@H]21. The molecule has 2 aliphatic rings. The number of alkyl halides is 2. The van der Waals surface area contributed by atoms with Crippen LogP contribution in [0, 0.1) is 11.3 Å². The highest BCUT2D eigenvalue weighted by molar-refractivity contribution is 5.80. The third-order valence-electron chi connectivity index (χ3n) is 4.74. The highest BCUT2D eigenvalue weighted by Crippen LogP contribution is 2.43. The molecule has 0 bridgehead atoms. The molecule has 0 saturated carbocycles. The Morgan fingerprint density at radius 3 is 2.35 bits per heavy atom. The molecule has 2 fully saturated rings. The minimum Gasteiger partial charge on any atom is -0.481 e. The first-order chi connectivity index (χ1) is 11.6. The van der Waals surface area contributed by atoms with Crippen molar-refractivity contribution in [3.05, 3.63) is 0 Å². The van der Waals surface area contributed by atoms with Gasteiger partial charge in [-0.3, -0.25) is 14.5 Å². The molecule has 2 saturated heterocycles. The molecule has 0 radical (unpaired) electrons. The third kappa shape index (κ3) is 4.07. The Morgan fingerprint density at radius 2 is 1.85 bits per heavy atom. The number of carboxylic acid groups (broad SMARTS) is 1. The van der Waals surface area contributed by atoms with Gasteiger partial charge in [0.2, 0.25) is 5.91 Å². The zero-order valence-corrected chi connectivity index (χ0v) is 15.7. The summed E-state index contributed by atoms with van der Waals surface area (Å²) in [6.45, 7) is 6.80. The molecule has 1 N–H and O–H groups in total. The molecule has 2 amide bonds. The molecule has 2 heterocycles. The Labute approximate surface area is 151 Å². The van der Waals surface area contributed by atoms with E-state index < -0.39 is 59.8 Å². The number of halogens is 2. The third-order valence-corrected chi connectivity index (χ3v) is 4.74. The molecule has 2 aliphatic heterocycles. The van der Waals surface area contributed by atoms with E-state index in [1.807, 2.05) is 0 Å². The largest absolute Gasteiger partial charge is 0.481 e. The van der Waals surface area contributed by atoms with Gasteiger partial charge in [0.1, 0.15) is 5.60 Å². The van der Waals surface area contributed by atoms with Crippen molar-refractivity contribution in [1.29, 1.82) is 0 Å². The fraction of sp³-hybridized carbons (Fsp3) is 0.824. The summed E-state index contributed by atoms with van der Waals surface area (Å²) in [6.07, 6.45) is -1.27. The van der Waals surface area contributed by atoms with Gasteiger partial charge in [0.05, 0.1) is 23.9 Å². The second-order valence-electron chi connectivity index (χ2n) is 8.71. The first kappa shape index (κ1) is 20.4. The normalized spacial score (nSPS) is 25.9. The maximum atomic E-state index is 14.4. The molecule has 26 heavy (non-hydrogen) atoms. The fourth-order valence-corrected chi connectivity index (χ4v) is 3.33. The molecule has 0 aliphatic carbocycles. The summed E-state index contributed by atoms with van der Waals surface area (Å²) in [5, 5.41) is 9.25. The van der Waals surface area contributed by atoms with Crippen molar-refractivity contribution in [2.75, 3.05) is 19.6 Å². The van der Waals surface area contributed by atoms with Crippen LogP contribution in [0.4, 0.5) is 13.6 Å². The highest BCUT2D eigenvalue weighted by atomic mass is 19.3. The van der Waals surface area contributed by atoms with Crippen molar-refractivity contribution in [2.24, 2.45) is 11.3 Å². The van der Waals surface area contributed by atoms with Gasteiger partial charge in [0.25, 0.3) is 5.92 Å². The molecule has 0 aromatic carbocycles. The second kappa shape index (κ2) is 6.35. The first-order valence-corrected chi connectivity index (χ1v) is 8.53. The second-order valence-corrected chi connectivity index (χ2v) is 8.71. The van der Waals surface area contributed by atoms with E-state index >= 15 is 0 Å². The van der Waals surface area contributed by atoms with Gasteiger partial charge in [-0.05, 0) is 34.6 Å². The van der Waals surface area contributed by atoms with Crippen LogP contribution in [0.3, 0.4) is 0 Å². The van der Waals surface area contributed by atoms with Crippen molar-refractivity contribution in [3.8, 4) is 0 Å².